The van der Waals surface area contributed by atoms with Gasteiger partial charge in [0, 0.05) is 5.39 Å². The van der Waals surface area contributed by atoms with Crippen LogP contribution >= 0.6 is 11.6 Å². The number of aromatic hydroxyl groups is 1. The molecule has 2 aromatic carbocycles. The minimum atomic E-state index is -0.868. The van der Waals surface area contributed by atoms with Crippen LogP contribution in [0.4, 0.5) is 10.5 Å². The predicted molar refractivity (Wildman–Crippen MR) is 114 cm³/mol. The minimum absolute atomic E-state index is 0.0215. The van der Waals surface area contributed by atoms with Crippen molar-refractivity contribution >= 4 is 40.1 Å². The average Bonchev–Trinajstić information content (AvgIpc) is 3.02. The third-order valence-corrected chi connectivity index (χ3v) is 5.93. The molecule has 4 rings (SSSR count). The van der Waals surface area contributed by atoms with Gasteiger partial charge in [-0.1, -0.05) is 55.1 Å². The summed E-state index contributed by atoms with van der Waals surface area (Å²) >= 11 is 6.44. The average molecular weight is 412 g/mol. The number of benzene rings is 2. The van der Waals surface area contributed by atoms with E-state index in [9.17, 15) is 14.7 Å². The molecule has 1 fully saturated rings. The van der Waals surface area contributed by atoms with Gasteiger partial charge in [-0.3, -0.25) is 4.79 Å². The monoisotopic (exact) mass is 411 g/mol. The molecule has 1 saturated carbocycles. The van der Waals surface area contributed by atoms with Gasteiger partial charge in [0.2, 0.25) is 5.88 Å². The van der Waals surface area contributed by atoms with Crippen molar-refractivity contribution in [2.24, 2.45) is 5.73 Å². The van der Waals surface area contributed by atoms with Gasteiger partial charge in [-0.05, 0) is 42.5 Å². The van der Waals surface area contributed by atoms with E-state index in [0.29, 0.717) is 27.5 Å². The Labute approximate surface area is 173 Å². The highest BCUT2D eigenvalue weighted by Gasteiger charge is 2.25. The van der Waals surface area contributed by atoms with Crippen molar-refractivity contribution in [1.29, 1.82) is 0 Å². The quantitative estimate of drug-likeness (QED) is 0.550. The summed E-state index contributed by atoms with van der Waals surface area (Å²) in [4.78, 5) is 24.7. The molecule has 2 amide bonds. The van der Waals surface area contributed by atoms with Gasteiger partial charge in [-0.2, -0.15) is 0 Å². The first-order valence-corrected chi connectivity index (χ1v) is 10.1. The highest BCUT2D eigenvalue weighted by atomic mass is 35.5. The fraction of sp³-hybridized carbons (Fsp3) is 0.273. The van der Waals surface area contributed by atoms with E-state index in [2.05, 4.69) is 5.32 Å². The molecule has 0 unspecified atom stereocenters. The van der Waals surface area contributed by atoms with Crippen LogP contribution in [0.1, 0.15) is 53.9 Å². The number of rotatable bonds is 3. The van der Waals surface area contributed by atoms with Crippen LogP contribution in [0.25, 0.3) is 10.9 Å². The molecule has 0 spiro atoms. The number of para-hydroxylation sites is 1. The lowest BCUT2D eigenvalue weighted by molar-refractivity contribution is 0.102. The molecule has 1 aliphatic carbocycles. The Morgan fingerprint density at radius 3 is 2.52 bits per heavy atom. The van der Waals surface area contributed by atoms with Crippen molar-refractivity contribution < 1.29 is 14.7 Å². The summed E-state index contributed by atoms with van der Waals surface area (Å²) in [6.07, 6.45) is 6.04. The summed E-state index contributed by atoms with van der Waals surface area (Å²) in [5, 5.41) is 14.1. The third kappa shape index (κ3) is 3.56. The molecule has 1 heterocycles. The largest absolute Gasteiger partial charge is 0.494 e. The molecule has 7 heteroatoms. The zero-order valence-corrected chi connectivity index (χ0v) is 16.6. The smallest absolute Gasteiger partial charge is 0.326 e. The van der Waals surface area contributed by atoms with Gasteiger partial charge in [0.25, 0.3) is 5.91 Å². The van der Waals surface area contributed by atoms with Crippen LogP contribution in [-0.4, -0.2) is 21.6 Å². The maximum atomic E-state index is 12.9. The first kappa shape index (κ1) is 19.3. The highest BCUT2D eigenvalue weighted by molar-refractivity contribution is 6.34. The van der Waals surface area contributed by atoms with E-state index in [-0.39, 0.29) is 5.56 Å². The molecule has 29 heavy (non-hydrogen) atoms. The van der Waals surface area contributed by atoms with E-state index < -0.39 is 17.8 Å². The maximum Gasteiger partial charge on any atom is 0.326 e. The molecule has 4 N–H and O–H groups in total. The van der Waals surface area contributed by atoms with E-state index in [1.807, 2.05) is 12.1 Å². The van der Waals surface area contributed by atoms with E-state index in [1.54, 1.807) is 30.3 Å². The maximum absolute atomic E-state index is 12.9. The van der Waals surface area contributed by atoms with Crippen molar-refractivity contribution in [3.05, 3.63) is 58.6 Å². The van der Waals surface area contributed by atoms with Crippen LogP contribution in [-0.2, 0) is 0 Å². The first-order chi connectivity index (χ1) is 14.0. The highest BCUT2D eigenvalue weighted by Crippen LogP contribution is 2.36. The Hall–Kier alpha value is -2.99. The number of halogens is 1. The summed E-state index contributed by atoms with van der Waals surface area (Å²) in [5.41, 5.74) is 7.34. The molecule has 6 nitrogen and oxygen atoms in total. The Kier molecular flexibility index (Phi) is 5.20. The Morgan fingerprint density at radius 2 is 1.83 bits per heavy atom. The first-order valence-electron chi connectivity index (χ1n) is 9.70. The van der Waals surface area contributed by atoms with Crippen LogP contribution in [0, 0.1) is 0 Å². The standard InChI is InChI=1S/C22H22ClN3O3/c23-16-12-14(13-6-2-1-3-7-13)10-11-17(16)25-20(27)19-15-8-4-5-9-18(15)26(21(19)28)22(24)29/h4-5,8-13,28H,1-3,6-7H2,(H2,24,29)(H,25,27). The Bertz CT molecular complexity index is 1100. The van der Waals surface area contributed by atoms with Crippen molar-refractivity contribution in [2.45, 2.75) is 38.0 Å². The normalized spacial score (nSPS) is 14.8. The molecule has 150 valence electrons. The van der Waals surface area contributed by atoms with E-state index >= 15 is 0 Å². The summed E-state index contributed by atoms with van der Waals surface area (Å²) in [7, 11) is 0. The SMILES string of the molecule is NC(=O)n1c(O)c(C(=O)Nc2ccc(C3CCCCC3)cc2Cl)c2ccccc21. The molecular weight excluding hydrogens is 390 g/mol. The molecule has 1 aliphatic rings. The van der Waals surface area contributed by atoms with Gasteiger partial charge in [-0.25, -0.2) is 9.36 Å². The predicted octanol–water partition coefficient (Wildman–Crippen LogP) is 5.23. The molecule has 3 aromatic rings. The molecule has 0 aliphatic heterocycles. The number of hydrogen-bond acceptors (Lipinski definition) is 3. The van der Waals surface area contributed by atoms with E-state index in [0.717, 1.165) is 17.4 Å². The van der Waals surface area contributed by atoms with Gasteiger partial charge in [0.15, 0.2) is 0 Å². The lowest BCUT2D eigenvalue weighted by Gasteiger charge is -2.22. The second-order valence-electron chi connectivity index (χ2n) is 7.42. The van der Waals surface area contributed by atoms with Gasteiger partial charge in [0.1, 0.15) is 5.56 Å². The molecular formula is C22H22ClN3O3. The second-order valence-corrected chi connectivity index (χ2v) is 7.82. The van der Waals surface area contributed by atoms with Gasteiger partial charge < -0.3 is 16.2 Å². The summed E-state index contributed by atoms with van der Waals surface area (Å²) in [6.45, 7) is 0. The van der Waals surface area contributed by atoms with Crippen molar-refractivity contribution in [2.75, 3.05) is 5.32 Å². The van der Waals surface area contributed by atoms with Crippen LogP contribution in [0.2, 0.25) is 5.02 Å². The number of carbonyl (C=O) groups is 2. The summed E-state index contributed by atoms with van der Waals surface area (Å²) < 4.78 is 0.915. The fourth-order valence-corrected chi connectivity index (χ4v) is 4.42. The number of fused-ring (bicyclic) bond motifs is 1. The molecule has 0 saturated heterocycles. The van der Waals surface area contributed by atoms with Gasteiger partial charge in [-0.15, -0.1) is 0 Å². The number of aromatic nitrogens is 1. The van der Waals surface area contributed by atoms with E-state index in [4.69, 9.17) is 17.3 Å². The van der Waals surface area contributed by atoms with Crippen LogP contribution in [0.3, 0.4) is 0 Å². The lowest BCUT2D eigenvalue weighted by atomic mass is 9.84. The number of nitrogens with two attached hydrogens (primary N) is 1. The number of primary amides is 1. The number of carbonyl (C=O) groups excluding carboxylic acids is 2. The number of hydrogen-bond donors (Lipinski definition) is 3. The van der Waals surface area contributed by atoms with Gasteiger partial charge in [0.05, 0.1) is 16.2 Å². The second kappa shape index (κ2) is 7.79. The zero-order chi connectivity index (χ0) is 20.5. The zero-order valence-electron chi connectivity index (χ0n) is 15.8. The van der Waals surface area contributed by atoms with Gasteiger partial charge >= 0.3 is 6.03 Å². The van der Waals surface area contributed by atoms with Crippen LogP contribution < -0.4 is 11.1 Å². The van der Waals surface area contributed by atoms with Crippen LogP contribution in [0.5, 0.6) is 5.88 Å². The van der Waals surface area contributed by atoms with Crippen molar-refractivity contribution in [1.82, 2.24) is 4.57 Å². The Morgan fingerprint density at radius 1 is 1.10 bits per heavy atom. The number of nitrogens with zero attached hydrogens (tertiary/aromatic N) is 1. The minimum Gasteiger partial charge on any atom is -0.494 e. The Balaban J connectivity index is 1.65. The van der Waals surface area contributed by atoms with E-state index in [1.165, 1.54) is 24.8 Å². The topological polar surface area (TPSA) is 97.3 Å². The molecule has 1 aromatic heterocycles. The number of nitrogens with one attached hydrogen (secondary N) is 1. The fourth-order valence-electron chi connectivity index (χ4n) is 4.18. The molecule has 0 bridgehead atoms. The number of amides is 2. The summed E-state index contributed by atoms with van der Waals surface area (Å²) in [6, 6.07) is 11.5. The van der Waals surface area contributed by atoms with Crippen LogP contribution in [0.15, 0.2) is 42.5 Å². The summed E-state index contributed by atoms with van der Waals surface area (Å²) in [5.74, 6) is -0.555. The lowest BCUT2D eigenvalue weighted by Crippen LogP contribution is -2.19. The molecule has 0 atom stereocenters. The molecule has 0 radical (unpaired) electrons. The van der Waals surface area contributed by atoms with Crippen molar-refractivity contribution in [3.63, 3.8) is 0 Å². The number of anilines is 1. The van der Waals surface area contributed by atoms with Crippen molar-refractivity contribution in [3.8, 4) is 5.88 Å². The third-order valence-electron chi connectivity index (χ3n) is 5.62.